The second-order valence-electron chi connectivity index (χ2n) is 3.98. The maximum atomic E-state index is 11.4. The summed E-state index contributed by atoms with van der Waals surface area (Å²) in [5.41, 5.74) is 0. The van der Waals surface area contributed by atoms with Crippen molar-refractivity contribution < 1.29 is 14.7 Å². The summed E-state index contributed by atoms with van der Waals surface area (Å²) < 4.78 is 0. The average molecular weight is 286 g/mol. The zero-order valence-corrected chi connectivity index (χ0v) is 11.6. The highest BCUT2D eigenvalue weighted by molar-refractivity contribution is 7.15. The third kappa shape index (κ3) is 6.70. The Morgan fingerprint density at radius 2 is 2.11 bits per heavy atom. The second-order valence-corrected chi connectivity index (χ2v) is 5.04. The van der Waals surface area contributed by atoms with Gasteiger partial charge in [-0.1, -0.05) is 24.7 Å². The highest BCUT2D eigenvalue weighted by Crippen LogP contribution is 2.16. The first kappa shape index (κ1) is 15.4. The van der Waals surface area contributed by atoms with E-state index in [2.05, 4.69) is 27.8 Å². The van der Waals surface area contributed by atoms with Crippen LogP contribution < -0.4 is 10.6 Å². The molecule has 0 aromatic carbocycles. The average Bonchev–Trinajstić information content (AvgIpc) is 2.79. The molecular weight excluding hydrogens is 268 g/mol. The summed E-state index contributed by atoms with van der Waals surface area (Å²) in [6.07, 6.45) is 3.46. The zero-order chi connectivity index (χ0) is 14.1. The Hall–Kier alpha value is -1.70. The number of anilines is 1. The summed E-state index contributed by atoms with van der Waals surface area (Å²) in [6.45, 7) is 2.42. The number of aromatic nitrogens is 2. The molecule has 0 aliphatic heterocycles. The fraction of sp³-hybridized carbons (Fsp3) is 0.636. The van der Waals surface area contributed by atoms with Crippen LogP contribution in [0, 0.1) is 0 Å². The lowest BCUT2D eigenvalue weighted by molar-refractivity contribution is -0.137. The highest BCUT2D eigenvalue weighted by atomic mass is 32.1. The van der Waals surface area contributed by atoms with Gasteiger partial charge in [0.05, 0.1) is 0 Å². The molecular formula is C11H18N4O3S. The molecule has 0 fully saturated rings. The van der Waals surface area contributed by atoms with E-state index >= 15 is 0 Å². The number of hydrogen-bond acceptors (Lipinski definition) is 5. The monoisotopic (exact) mass is 286 g/mol. The van der Waals surface area contributed by atoms with Crippen LogP contribution in [0.3, 0.4) is 0 Å². The SMILES string of the molecule is CCCCc1nnc(NC(=O)NCCCC(=O)O)s1. The summed E-state index contributed by atoms with van der Waals surface area (Å²) in [5.74, 6) is -0.869. The van der Waals surface area contributed by atoms with Crippen molar-refractivity contribution >= 4 is 28.5 Å². The van der Waals surface area contributed by atoms with Gasteiger partial charge >= 0.3 is 12.0 Å². The molecule has 8 heteroatoms. The first-order valence-electron chi connectivity index (χ1n) is 6.21. The fourth-order valence-corrected chi connectivity index (χ4v) is 2.09. The van der Waals surface area contributed by atoms with E-state index in [0.717, 1.165) is 24.3 Å². The molecule has 0 saturated carbocycles. The van der Waals surface area contributed by atoms with Crippen LogP contribution in [0.25, 0.3) is 0 Å². The topological polar surface area (TPSA) is 104 Å². The number of nitrogens with one attached hydrogen (secondary N) is 2. The van der Waals surface area contributed by atoms with Crippen molar-refractivity contribution in [2.45, 2.75) is 39.0 Å². The molecule has 7 nitrogen and oxygen atoms in total. The lowest BCUT2D eigenvalue weighted by Crippen LogP contribution is -2.29. The molecule has 106 valence electrons. The van der Waals surface area contributed by atoms with Crippen molar-refractivity contribution in [3.8, 4) is 0 Å². The summed E-state index contributed by atoms with van der Waals surface area (Å²) in [7, 11) is 0. The molecule has 2 amide bonds. The third-order valence-corrected chi connectivity index (χ3v) is 3.18. The predicted molar refractivity (Wildman–Crippen MR) is 72.4 cm³/mol. The van der Waals surface area contributed by atoms with E-state index in [0.29, 0.717) is 18.1 Å². The van der Waals surface area contributed by atoms with Crippen molar-refractivity contribution in [2.24, 2.45) is 0 Å². The predicted octanol–water partition coefficient (Wildman–Crippen LogP) is 1.87. The van der Waals surface area contributed by atoms with E-state index in [1.54, 1.807) is 0 Å². The van der Waals surface area contributed by atoms with Crippen LogP contribution in [0.4, 0.5) is 9.93 Å². The van der Waals surface area contributed by atoms with E-state index in [1.807, 2.05) is 0 Å². The summed E-state index contributed by atoms with van der Waals surface area (Å²) >= 11 is 1.36. The number of hydrogen-bond donors (Lipinski definition) is 3. The number of carboxylic acid groups (broad SMARTS) is 1. The highest BCUT2D eigenvalue weighted by Gasteiger charge is 2.07. The summed E-state index contributed by atoms with van der Waals surface area (Å²) in [6, 6.07) is -0.386. The van der Waals surface area contributed by atoms with Gasteiger partial charge in [0.2, 0.25) is 5.13 Å². The minimum atomic E-state index is -0.869. The minimum absolute atomic E-state index is 0.0419. The number of amides is 2. The number of carbonyl (C=O) groups is 2. The van der Waals surface area contributed by atoms with Crippen LogP contribution in [0.5, 0.6) is 0 Å². The maximum Gasteiger partial charge on any atom is 0.321 e. The van der Waals surface area contributed by atoms with E-state index < -0.39 is 5.97 Å². The van der Waals surface area contributed by atoms with Crippen molar-refractivity contribution in [3.05, 3.63) is 5.01 Å². The second kappa shape index (κ2) is 8.41. The Balaban J connectivity index is 2.24. The van der Waals surface area contributed by atoms with Crippen molar-refractivity contribution in [2.75, 3.05) is 11.9 Å². The van der Waals surface area contributed by atoms with E-state index in [1.165, 1.54) is 11.3 Å². The Morgan fingerprint density at radius 3 is 2.79 bits per heavy atom. The first-order valence-corrected chi connectivity index (χ1v) is 7.02. The fourth-order valence-electron chi connectivity index (χ4n) is 1.32. The molecule has 3 N–H and O–H groups in total. The van der Waals surface area contributed by atoms with Crippen LogP contribution >= 0.6 is 11.3 Å². The lowest BCUT2D eigenvalue weighted by Gasteiger charge is -2.03. The Labute approximate surface area is 115 Å². The standard InChI is InChI=1S/C11H18N4O3S/c1-2-3-5-8-14-15-11(19-8)13-10(18)12-7-4-6-9(16)17/h2-7H2,1H3,(H,16,17)(H2,12,13,15,18). The summed E-state index contributed by atoms with van der Waals surface area (Å²) in [5, 5.41) is 22.8. The van der Waals surface area contributed by atoms with E-state index in [-0.39, 0.29) is 12.5 Å². The molecule has 0 aliphatic rings. The van der Waals surface area contributed by atoms with E-state index in [9.17, 15) is 9.59 Å². The molecule has 0 atom stereocenters. The molecule has 1 aromatic heterocycles. The lowest BCUT2D eigenvalue weighted by atomic mass is 10.3. The molecule has 1 heterocycles. The number of aryl methyl sites for hydroxylation is 1. The van der Waals surface area contributed by atoms with Gasteiger partial charge in [0, 0.05) is 19.4 Å². The molecule has 0 spiro atoms. The number of urea groups is 1. The van der Waals surface area contributed by atoms with Gasteiger partial charge in [-0.15, -0.1) is 10.2 Å². The van der Waals surface area contributed by atoms with Gasteiger partial charge in [0.1, 0.15) is 5.01 Å². The van der Waals surface area contributed by atoms with Gasteiger partial charge in [-0.3, -0.25) is 10.1 Å². The van der Waals surface area contributed by atoms with Crippen molar-refractivity contribution in [1.82, 2.24) is 15.5 Å². The Kier molecular flexibility index (Phi) is 6.80. The van der Waals surface area contributed by atoms with Crippen LogP contribution in [-0.2, 0) is 11.2 Å². The molecule has 19 heavy (non-hydrogen) atoms. The van der Waals surface area contributed by atoms with Crippen LogP contribution in [-0.4, -0.2) is 33.8 Å². The molecule has 0 saturated heterocycles. The molecule has 0 bridgehead atoms. The van der Waals surface area contributed by atoms with Crippen LogP contribution in [0.1, 0.15) is 37.6 Å². The Bertz CT molecular complexity index is 422. The number of carbonyl (C=O) groups excluding carboxylic acids is 1. The largest absolute Gasteiger partial charge is 0.481 e. The number of rotatable bonds is 8. The van der Waals surface area contributed by atoms with E-state index in [4.69, 9.17) is 5.11 Å². The van der Waals surface area contributed by atoms with Crippen molar-refractivity contribution in [3.63, 3.8) is 0 Å². The smallest absolute Gasteiger partial charge is 0.321 e. The quantitative estimate of drug-likeness (QED) is 0.633. The number of unbranched alkanes of at least 4 members (excludes halogenated alkanes) is 1. The zero-order valence-electron chi connectivity index (χ0n) is 10.8. The molecule has 0 radical (unpaired) electrons. The summed E-state index contributed by atoms with van der Waals surface area (Å²) in [4.78, 5) is 21.7. The van der Waals surface area contributed by atoms with Gasteiger partial charge in [-0.25, -0.2) is 4.79 Å². The van der Waals surface area contributed by atoms with Gasteiger partial charge < -0.3 is 10.4 Å². The van der Waals surface area contributed by atoms with Crippen LogP contribution in [0.2, 0.25) is 0 Å². The molecule has 1 rings (SSSR count). The molecule has 1 aromatic rings. The van der Waals surface area contributed by atoms with Gasteiger partial charge in [0.25, 0.3) is 0 Å². The van der Waals surface area contributed by atoms with Gasteiger partial charge in [0.15, 0.2) is 0 Å². The first-order chi connectivity index (χ1) is 9.11. The molecule has 0 aliphatic carbocycles. The number of nitrogens with zero attached hydrogens (tertiary/aromatic N) is 2. The third-order valence-electron chi connectivity index (χ3n) is 2.28. The van der Waals surface area contributed by atoms with Crippen LogP contribution in [0.15, 0.2) is 0 Å². The number of carboxylic acids is 1. The Morgan fingerprint density at radius 1 is 1.32 bits per heavy atom. The maximum absolute atomic E-state index is 11.4. The van der Waals surface area contributed by atoms with Gasteiger partial charge in [-0.2, -0.15) is 0 Å². The minimum Gasteiger partial charge on any atom is -0.481 e. The van der Waals surface area contributed by atoms with Gasteiger partial charge in [-0.05, 0) is 12.8 Å². The van der Waals surface area contributed by atoms with Crippen molar-refractivity contribution in [1.29, 1.82) is 0 Å². The normalized spacial score (nSPS) is 10.2. The number of aliphatic carboxylic acids is 1. The molecule has 0 unspecified atom stereocenters.